The number of epoxide rings is 1. The third kappa shape index (κ3) is 7.87. The molecule has 3 aromatic rings. The lowest BCUT2D eigenvalue weighted by Gasteiger charge is -2.16. The lowest BCUT2D eigenvalue weighted by atomic mass is 10.1. The highest BCUT2D eigenvalue weighted by atomic mass is 35.5. The molecule has 16 nitrogen and oxygen atoms in total. The number of carbonyl (C=O) groups is 6. The van der Waals surface area contributed by atoms with Crippen molar-refractivity contribution in [2.45, 2.75) is 18.3 Å². The molecule has 6 amide bonds. The van der Waals surface area contributed by atoms with Crippen LogP contribution in [0, 0.1) is 0 Å². The predicted octanol–water partition coefficient (Wildman–Crippen LogP) is 1.66. The first kappa shape index (κ1) is 37.3. The Hall–Kier alpha value is -5.48. The van der Waals surface area contributed by atoms with Gasteiger partial charge in [0, 0.05) is 11.5 Å². The highest BCUT2D eigenvalue weighted by molar-refractivity contribution is 6.22. The number of β-amino-alcohol motifs (C(OH)–C–C–N with tert-alkyl or cyclic N) is 2. The smallest absolute Gasteiger partial charge is 0.261 e. The van der Waals surface area contributed by atoms with Gasteiger partial charge in [0.2, 0.25) is 0 Å². The summed E-state index contributed by atoms with van der Waals surface area (Å²) in [6.07, 6.45) is -1.88. The Labute approximate surface area is 291 Å². The van der Waals surface area contributed by atoms with Crippen LogP contribution >= 0.6 is 12.4 Å². The summed E-state index contributed by atoms with van der Waals surface area (Å²) in [6.45, 7) is 0.644. The molecule has 0 aromatic heterocycles. The largest absolute Gasteiger partial charge is 0.391 e. The second kappa shape index (κ2) is 16.3. The van der Waals surface area contributed by atoms with Crippen LogP contribution < -0.4 is 5.73 Å². The molecule has 17 heteroatoms. The van der Waals surface area contributed by atoms with E-state index in [1.54, 1.807) is 72.8 Å². The molecule has 0 radical (unpaired) electrons. The third-order valence-electron chi connectivity index (χ3n) is 7.84. The Morgan fingerprint density at radius 1 is 0.680 bits per heavy atom. The Bertz CT molecular complexity index is 1770. The van der Waals surface area contributed by atoms with Gasteiger partial charge in [0.05, 0.1) is 84.5 Å². The van der Waals surface area contributed by atoms with Crippen LogP contribution in [0.4, 0.5) is 0 Å². The van der Waals surface area contributed by atoms with Gasteiger partial charge in [-0.05, 0) is 41.9 Å². The fourth-order valence-corrected chi connectivity index (χ4v) is 5.28. The van der Waals surface area contributed by atoms with Crippen molar-refractivity contribution in [1.82, 2.24) is 14.7 Å². The van der Waals surface area contributed by atoms with Crippen molar-refractivity contribution in [1.29, 1.82) is 0 Å². The summed E-state index contributed by atoms with van der Waals surface area (Å²) in [7, 11) is 0. The molecule has 4 aliphatic heterocycles. The lowest BCUT2D eigenvalue weighted by Crippen LogP contribution is -2.39. The molecule has 4 aliphatic rings. The van der Waals surface area contributed by atoms with Crippen molar-refractivity contribution in [2.75, 3.05) is 39.3 Å². The van der Waals surface area contributed by atoms with Crippen LogP contribution in [0.2, 0.25) is 0 Å². The first-order valence-electron chi connectivity index (χ1n) is 15.1. The normalized spacial score (nSPS) is 17.7. The number of benzene rings is 3. The van der Waals surface area contributed by atoms with E-state index in [9.17, 15) is 39.0 Å². The quantitative estimate of drug-likeness (QED) is 0.0956. The number of ether oxygens (including phenoxy) is 1. The number of rotatable bonds is 9. The van der Waals surface area contributed by atoms with Gasteiger partial charge < -0.3 is 20.7 Å². The average Bonchev–Trinajstić information content (AvgIpc) is 3.84. The van der Waals surface area contributed by atoms with Crippen molar-refractivity contribution < 1.29 is 43.7 Å². The van der Waals surface area contributed by atoms with E-state index in [1.165, 1.54) is 4.90 Å². The summed E-state index contributed by atoms with van der Waals surface area (Å²) < 4.78 is 5.02. The maximum Gasteiger partial charge on any atom is 0.261 e. The molecule has 0 saturated carbocycles. The molecule has 4 N–H and O–H groups in total. The number of nitrogens with zero attached hydrogens (tertiary/aromatic N) is 6. The Kier molecular flexibility index (Phi) is 12.2. The fourth-order valence-electron chi connectivity index (χ4n) is 5.28. The summed E-state index contributed by atoms with van der Waals surface area (Å²) in [6, 6.07) is 20.0. The van der Waals surface area contributed by atoms with Crippen molar-refractivity contribution in [2.24, 2.45) is 10.8 Å². The lowest BCUT2D eigenvalue weighted by molar-refractivity contribution is 0.0543. The van der Waals surface area contributed by atoms with Crippen LogP contribution in [-0.4, -0.2) is 118 Å². The molecule has 7 rings (SSSR count). The van der Waals surface area contributed by atoms with Crippen molar-refractivity contribution in [3.05, 3.63) is 117 Å². The molecule has 0 bridgehead atoms. The first-order chi connectivity index (χ1) is 23.6. The van der Waals surface area contributed by atoms with Crippen LogP contribution in [0.1, 0.15) is 62.1 Å². The Balaban J connectivity index is 0.000000167. The summed E-state index contributed by atoms with van der Waals surface area (Å²) in [4.78, 5) is 76.8. The zero-order valence-electron chi connectivity index (χ0n) is 26.3. The molecule has 260 valence electrons. The number of fused-ring (bicyclic) bond motifs is 3. The molecular weight excluding hydrogens is 674 g/mol. The van der Waals surface area contributed by atoms with E-state index in [-0.39, 0.29) is 68.3 Å². The number of hydrogen-bond donors (Lipinski definition) is 3. The fraction of sp³-hybridized carbons (Fsp3) is 0.273. The number of halogens is 1. The monoisotopic (exact) mass is 705 g/mol. The van der Waals surface area contributed by atoms with Gasteiger partial charge in [-0.25, -0.2) is 0 Å². The maximum atomic E-state index is 11.9. The molecule has 4 heterocycles. The second-order valence-corrected chi connectivity index (χ2v) is 11.2. The number of carbonyl (C=O) groups excluding carboxylic acids is 6. The number of hydrogen-bond acceptors (Lipinski definition) is 11. The highest BCUT2D eigenvalue weighted by Gasteiger charge is 2.39. The zero-order valence-corrected chi connectivity index (χ0v) is 27.1. The molecule has 3 atom stereocenters. The molecule has 0 spiro atoms. The minimum absolute atomic E-state index is 0. The van der Waals surface area contributed by atoms with Crippen molar-refractivity contribution >= 4 is 47.9 Å². The summed E-state index contributed by atoms with van der Waals surface area (Å²) in [5.74, 6) is -2.01. The van der Waals surface area contributed by atoms with Gasteiger partial charge >= 0.3 is 0 Å². The molecular formula is C33H32ClN7O9. The number of nitrogens with two attached hydrogens (primary N) is 1. The molecule has 1 fully saturated rings. The summed E-state index contributed by atoms with van der Waals surface area (Å²) >= 11 is 0. The number of azide groups is 1. The molecule has 50 heavy (non-hydrogen) atoms. The molecule has 3 unspecified atom stereocenters. The van der Waals surface area contributed by atoms with Crippen LogP contribution in [0.25, 0.3) is 10.4 Å². The van der Waals surface area contributed by atoms with Crippen molar-refractivity contribution in [3.63, 3.8) is 0 Å². The summed E-state index contributed by atoms with van der Waals surface area (Å²) in [5.41, 5.74) is 15.8. The second-order valence-electron chi connectivity index (χ2n) is 11.2. The molecule has 1 saturated heterocycles. The van der Waals surface area contributed by atoms with Crippen LogP contribution in [0.3, 0.4) is 0 Å². The summed E-state index contributed by atoms with van der Waals surface area (Å²) in [5, 5.41) is 22.1. The maximum absolute atomic E-state index is 11.9. The standard InChI is InChI=1S/C11H10N4O3.C11H12N2O3.C11H9NO3.ClH/c12-14-13-5-7(16)6-15-10(17)8-3-1-2-4-9(8)11(15)18;12-5-7(14)6-13-10(15)8-3-1-2-4-9(8)11(13)16;13-10-8-3-1-2-4-9(8)11(14)12(10)5-7-6-15-7;/h1-4,7,16H,5-6H2;1-4,7,14H,5-6,12H2;1-4,7H,5-6H2;1H. The van der Waals surface area contributed by atoms with E-state index in [0.29, 0.717) is 46.5 Å². The number of amides is 6. The van der Waals surface area contributed by atoms with Gasteiger partial charge in [-0.2, -0.15) is 0 Å². The zero-order chi connectivity index (χ0) is 35.2. The number of aliphatic hydroxyl groups excluding tert-OH is 2. The van der Waals surface area contributed by atoms with E-state index in [4.69, 9.17) is 16.0 Å². The topological polar surface area (TPSA) is 240 Å². The van der Waals surface area contributed by atoms with E-state index in [0.717, 1.165) is 9.80 Å². The van der Waals surface area contributed by atoms with E-state index in [2.05, 4.69) is 10.0 Å². The van der Waals surface area contributed by atoms with Crippen LogP contribution in [0.5, 0.6) is 0 Å². The van der Waals surface area contributed by atoms with Gasteiger partial charge in [0.15, 0.2) is 0 Å². The van der Waals surface area contributed by atoms with Gasteiger partial charge in [-0.15, -0.1) is 12.4 Å². The van der Waals surface area contributed by atoms with E-state index in [1.807, 2.05) is 0 Å². The predicted molar refractivity (Wildman–Crippen MR) is 177 cm³/mol. The molecule has 0 aliphatic carbocycles. The van der Waals surface area contributed by atoms with E-state index < -0.39 is 24.0 Å². The van der Waals surface area contributed by atoms with Gasteiger partial charge in [-0.1, -0.05) is 41.5 Å². The number of aliphatic hydroxyl groups is 2. The first-order valence-corrected chi connectivity index (χ1v) is 15.1. The minimum atomic E-state index is -1.05. The van der Waals surface area contributed by atoms with Crippen LogP contribution in [0.15, 0.2) is 77.9 Å². The Morgan fingerprint density at radius 2 is 1.00 bits per heavy atom. The third-order valence-corrected chi connectivity index (χ3v) is 7.84. The van der Waals surface area contributed by atoms with Gasteiger partial charge in [0.1, 0.15) is 0 Å². The average molecular weight is 706 g/mol. The number of imide groups is 3. The van der Waals surface area contributed by atoms with Crippen LogP contribution in [-0.2, 0) is 4.74 Å². The molecule has 3 aromatic carbocycles. The van der Waals surface area contributed by atoms with Gasteiger partial charge in [-0.3, -0.25) is 43.5 Å². The van der Waals surface area contributed by atoms with Crippen molar-refractivity contribution in [3.8, 4) is 0 Å². The Morgan fingerprint density at radius 3 is 1.30 bits per heavy atom. The SMILES string of the molecule is Cl.NCC(O)CN1C(=O)c2ccccc2C1=O.O=C1c2ccccc2C(=O)N1CC1CO1.[N-]=[N+]=NCC(O)CN1C(=O)c2ccccc2C1=O. The minimum Gasteiger partial charge on any atom is -0.391 e. The highest BCUT2D eigenvalue weighted by Crippen LogP contribution is 2.25. The van der Waals surface area contributed by atoms with E-state index >= 15 is 0 Å². The van der Waals surface area contributed by atoms with Gasteiger partial charge in [0.25, 0.3) is 35.4 Å².